The maximum Gasteiger partial charge on any atom is 0.357 e. The zero-order valence-corrected chi connectivity index (χ0v) is 12.6. The van der Waals surface area contributed by atoms with E-state index in [9.17, 15) is 9.90 Å². The molecule has 0 aliphatic heterocycles. The van der Waals surface area contributed by atoms with Crippen molar-refractivity contribution in [3.8, 4) is 0 Å². The molecule has 1 atom stereocenters. The lowest BCUT2D eigenvalue weighted by Gasteiger charge is -2.39. The highest BCUT2D eigenvalue weighted by molar-refractivity contribution is 5.87. The fourth-order valence-electron chi connectivity index (χ4n) is 2.78. The smallest absolute Gasteiger partial charge is 0.357 e. The molecule has 0 bridgehead atoms. The average molecular weight is 300 g/mol. The number of imidazole rings is 1. The molecule has 0 radical (unpaired) electrons. The van der Waals surface area contributed by atoms with Crippen molar-refractivity contribution in [3.05, 3.63) is 54.1 Å². The number of aromatic nitrogens is 2. The lowest BCUT2D eigenvalue weighted by atomic mass is 9.81. The van der Waals surface area contributed by atoms with E-state index in [4.69, 9.17) is 4.74 Å². The number of nitrogens with zero attached hydrogens (tertiary/aromatic N) is 2. The van der Waals surface area contributed by atoms with Crippen LogP contribution in [0.25, 0.3) is 0 Å². The van der Waals surface area contributed by atoms with Crippen LogP contribution in [-0.2, 0) is 4.74 Å². The van der Waals surface area contributed by atoms with Gasteiger partial charge in [0.2, 0.25) is 0 Å². The van der Waals surface area contributed by atoms with Crippen molar-refractivity contribution in [1.29, 1.82) is 0 Å². The Morgan fingerprint density at radius 3 is 2.73 bits per heavy atom. The third-order valence-electron chi connectivity index (χ3n) is 4.44. The normalized spacial score (nSPS) is 17.5. The van der Waals surface area contributed by atoms with E-state index < -0.39 is 11.6 Å². The Hall–Kier alpha value is -2.14. The molecular formula is C17H20N2O3. The first-order valence-electron chi connectivity index (χ1n) is 7.56. The Balaban J connectivity index is 1.81. The van der Waals surface area contributed by atoms with Gasteiger partial charge in [0.15, 0.2) is 0 Å². The summed E-state index contributed by atoms with van der Waals surface area (Å²) in [5.41, 5.74) is 0.813. The number of aliphatic hydroxyl groups excluding tert-OH is 1. The molecule has 3 rings (SSSR count). The maximum atomic E-state index is 12.4. The summed E-state index contributed by atoms with van der Waals surface area (Å²) >= 11 is 0. The van der Waals surface area contributed by atoms with Crippen LogP contribution < -0.4 is 0 Å². The highest BCUT2D eigenvalue weighted by Gasteiger charge is 2.41. The minimum absolute atomic E-state index is 0.0160. The van der Waals surface area contributed by atoms with Crippen LogP contribution in [0.15, 0.2) is 42.9 Å². The van der Waals surface area contributed by atoms with Crippen LogP contribution in [0.3, 0.4) is 0 Å². The number of carbonyl (C=O) groups is 1. The predicted molar refractivity (Wildman–Crippen MR) is 81.6 cm³/mol. The monoisotopic (exact) mass is 300 g/mol. The minimum atomic E-state index is -0.692. The van der Waals surface area contributed by atoms with Gasteiger partial charge in [-0.15, -0.1) is 0 Å². The summed E-state index contributed by atoms with van der Waals surface area (Å²) in [5.74, 6) is -0.422. The molecule has 1 saturated carbocycles. The summed E-state index contributed by atoms with van der Waals surface area (Å²) in [6, 6.07) is 9.91. The lowest BCUT2D eigenvalue weighted by Crippen LogP contribution is -2.45. The molecule has 1 unspecified atom stereocenters. The second-order valence-electron chi connectivity index (χ2n) is 5.86. The van der Waals surface area contributed by atoms with Gasteiger partial charge in [0.1, 0.15) is 11.3 Å². The summed E-state index contributed by atoms with van der Waals surface area (Å²) in [4.78, 5) is 16.5. The molecule has 1 aliphatic carbocycles. The zero-order chi connectivity index (χ0) is 15.6. The van der Waals surface area contributed by atoms with Gasteiger partial charge in [-0.3, -0.25) is 0 Å². The molecule has 2 aromatic rings. The van der Waals surface area contributed by atoms with E-state index in [1.807, 2.05) is 37.3 Å². The SMILES string of the molecule is CC(c1ccccc1)n1cncc1C(=O)OC1(CO)CCC1. The van der Waals surface area contributed by atoms with Gasteiger partial charge in [-0.2, -0.15) is 0 Å². The molecule has 1 N–H and O–H groups in total. The number of hydrogen-bond donors (Lipinski definition) is 1. The standard InChI is InChI=1S/C17H20N2O3/c1-13(14-6-3-2-4-7-14)19-12-18-10-15(19)16(21)22-17(11-20)8-5-9-17/h2-4,6-7,10,12-13,20H,5,8-9,11H2,1H3. The molecule has 1 fully saturated rings. The van der Waals surface area contributed by atoms with Crippen LogP contribution in [0.1, 0.15) is 48.3 Å². The van der Waals surface area contributed by atoms with Crippen molar-refractivity contribution in [3.63, 3.8) is 0 Å². The van der Waals surface area contributed by atoms with E-state index in [0.717, 1.165) is 24.8 Å². The van der Waals surface area contributed by atoms with Crippen LogP contribution in [0.2, 0.25) is 0 Å². The first-order valence-corrected chi connectivity index (χ1v) is 7.56. The van der Waals surface area contributed by atoms with Gasteiger partial charge in [0.05, 0.1) is 25.2 Å². The zero-order valence-electron chi connectivity index (χ0n) is 12.6. The molecule has 5 heteroatoms. The van der Waals surface area contributed by atoms with Crippen LogP contribution in [-0.4, -0.2) is 32.8 Å². The number of esters is 1. The highest BCUT2D eigenvalue weighted by atomic mass is 16.6. The number of rotatable bonds is 5. The molecule has 116 valence electrons. The van der Waals surface area contributed by atoms with E-state index in [2.05, 4.69) is 4.98 Å². The van der Waals surface area contributed by atoms with Crippen molar-refractivity contribution < 1.29 is 14.6 Å². The van der Waals surface area contributed by atoms with E-state index >= 15 is 0 Å². The minimum Gasteiger partial charge on any atom is -0.452 e. The first-order chi connectivity index (χ1) is 10.7. The molecule has 1 aromatic heterocycles. The van der Waals surface area contributed by atoms with Crippen molar-refractivity contribution >= 4 is 5.97 Å². The molecule has 1 aliphatic rings. The van der Waals surface area contributed by atoms with Crippen LogP contribution in [0, 0.1) is 0 Å². The Labute approximate surface area is 129 Å². The van der Waals surface area contributed by atoms with E-state index in [0.29, 0.717) is 5.69 Å². The Bertz CT molecular complexity index is 641. The summed E-state index contributed by atoms with van der Waals surface area (Å²) < 4.78 is 7.35. The Kier molecular flexibility index (Phi) is 3.98. The summed E-state index contributed by atoms with van der Waals surface area (Å²) in [6.07, 6.45) is 5.58. The van der Waals surface area contributed by atoms with Gasteiger partial charge in [-0.25, -0.2) is 9.78 Å². The fraction of sp³-hybridized carbons (Fsp3) is 0.412. The van der Waals surface area contributed by atoms with Crippen molar-refractivity contribution in [2.75, 3.05) is 6.61 Å². The number of carbonyl (C=O) groups excluding carboxylic acids is 1. The average Bonchev–Trinajstić information content (AvgIpc) is 3.00. The van der Waals surface area contributed by atoms with Gasteiger partial charge in [-0.05, 0) is 31.7 Å². The van der Waals surface area contributed by atoms with Gasteiger partial charge >= 0.3 is 5.97 Å². The molecule has 0 amide bonds. The van der Waals surface area contributed by atoms with E-state index in [-0.39, 0.29) is 12.6 Å². The second kappa shape index (κ2) is 5.93. The Morgan fingerprint density at radius 2 is 2.14 bits per heavy atom. The molecular weight excluding hydrogens is 280 g/mol. The van der Waals surface area contributed by atoms with Gasteiger partial charge in [-0.1, -0.05) is 30.3 Å². The van der Waals surface area contributed by atoms with E-state index in [1.54, 1.807) is 10.9 Å². The molecule has 0 spiro atoms. The molecule has 22 heavy (non-hydrogen) atoms. The lowest BCUT2D eigenvalue weighted by molar-refractivity contribution is -0.0917. The quantitative estimate of drug-likeness (QED) is 0.862. The maximum absolute atomic E-state index is 12.4. The summed E-state index contributed by atoms with van der Waals surface area (Å²) in [7, 11) is 0. The predicted octanol–water partition coefficient (Wildman–Crippen LogP) is 2.56. The third kappa shape index (κ3) is 2.64. The largest absolute Gasteiger partial charge is 0.452 e. The first kappa shape index (κ1) is 14.8. The van der Waals surface area contributed by atoms with Crippen LogP contribution in [0.5, 0.6) is 0 Å². The number of aliphatic hydroxyl groups is 1. The number of hydrogen-bond acceptors (Lipinski definition) is 4. The summed E-state index contributed by atoms with van der Waals surface area (Å²) in [5, 5.41) is 9.44. The second-order valence-corrected chi connectivity index (χ2v) is 5.86. The fourth-order valence-corrected chi connectivity index (χ4v) is 2.78. The summed E-state index contributed by atoms with van der Waals surface area (Å²) in [6.45, 7) is 1.89. The Morgan fingerprint density at radius 1 is 1.41 bits per heavy atom. The van der Waals surface area contributed by atoms with Gasteiger partial charge < -0.3 is 14.4 Å². The highest BCUT2D eigenvalue weighted by Crippen LogP contribution is 2.36. The molecule has 0 saturated heterocycles. The number of benzene rings is 1. The van der Waals surface area contributed by atoms with Crippen molar-refractivity contribution in [2.24, 2.45) is 0 Å². The third-order valence-corrected chi connectivity index (χ3v) is 4.44. The van der Waals surface area contributed by atoms with Crippen LogP contribution >= 0.6 is 0 Å². The van der Waals surface area contributed by atoms with E-state index in [1.165, 1.54) is 6.20 Å². The van der Waals surface area contributed by atoms with Gasteiger partial charge in [0, 0.05) is 0 Å². The molecule has 1 aromatic carbocycles. The topological polar surface area (TPSA) is 64.4 Å². The van der Waals surface area contributed by atoms with Crippen molar-refractivity contribution in [2.45, 2.75) is 37.8 Å². The van der Waals surface area contributed by atoms with Crippen molar-refractivity contribution in [1.82, 2.24) is 9.55 Å². The molecule has 1 heterocycles. The number of ether oxygens (including phenoxy) is 1. The van der Waals surface area contributed by atoms with Crippen LogP contribution in [0.4, 0.5) is 0 Å². The molecule has 5 nitrogen and oxygen atoms in total. The van der Waals surface area contributed by atoms with Gasteiger partial charge in [0.25, 0.3) is 0 Å².